The minimum absolute atomic E-state index is 0.158. The first-order valence-corrected chi connectivity index (χ1v) is 8.32. The van der Waals surface area contributed by atoms with Crippen LogP contribution in [0.4, 0.5) is 20.4 Å². The van der Waals surface area contributed by atoms with Crippen LogP contribution in [-0.2, 0) is 5.34 Å². The highest BCUT2D eigenvalue weighted by Gasteiger charge is 2.26. The maximum Gasteiger partial charge on any atom is 0.388 e. The molecule has 0 saturated carbocycles. The molecule has 0 aliphatic carbocycles. The molecule has 0 bridgehead atoms. The lowest BCUT2D eigenvalue weighted by atomic mass is 9.58. The molecule has 0 aliphatic rings. The summed E-state index contributed by atoms with van der Waals surface area (Å²) in [5.74, 6) is 0.488. The molecule has 4 heterocycles. The van der Waals surface area contributed by atoms with Gasteiger partial charge in [-0.15, -0.1) is 0 Å². The second kappa shape index (κ2) is 6.91. The summed E-state index contributed by atoms with van der Waals surface area (Å²) in [5, 5.41) is 13.0. The third kappa shape index (κ3) is 3.38. The molecule has 28 heavy (non-hydrogen) atoms. The number of pyridine rings is 1. The van der Waals surface area contributed by atoms with Crippen LogP contribution < -0.4 is 10.1 Å². The lowest BCUT2D eigenvalue weighted by molar-refractivity contribution is -0.0528. The van der Waals surface area contributed by atoms with E-state index >= 15 is 0 Å². The van der Waals surface area contributed by atoms with Gasteiger partial charge in [0, 0.05) is 23.8 Å². The Morgan fingerprint density at radius 3 is 2.82 bits per heavy atom. The molecular weight excluding hydrogens is 368 g/mol. The van der Waals surface area contributed by atoms with E-state index in [2.05, 4.69) is 40.3 Å². The monoisotopic (exact) mass is 382 g/mol. The maximum atomic E-state index is 12.3. The van der Waals surface area contributed by atoms with Crippen LogP contribution in [0.2, 0.25) is 0 Å². The van der Waals surface area contributed by atoms with Gasteiger partial charge < -0.3 is 10.1 Å². The number of alkyl halides is 2. The van der Waals surface area contributed by atoms with E-state index in [4.69, 9.17) is 0 Å². The lowest BCUT2D eigenvalue weighted by Gasteiger charge is -2.26. The fourth-order valence-corrected chi connectivity index (χ4v) is 2.77. The van der Waals surface area contributed by atoms with Crippen LogP contribution in [0.15, 0.2) is 43.0 Å². The molecule has 4 aromatic rings. The normalized spacial score (nSPS) is 11.8. The highest BCUT2D eigenvalue weighted by atomic mass is 19.3. The predicted octanol–water partition coefficient (Wildman–Crippen LogP) is 0.214. The molecule has 0 radical (unpaired) electrons. The number of nitrogens with one attached hydrogen (secondary N) is 2. The van der Waals surface area contributed by atoms with E-state index in [0.29, 0.717) is 17.0 Å². The molecule has 0 amide bonds. The zero-order valence-corrected chi connectivity index (χ0v) is 15.0. The summed E-state index contributed by atoms with van der Waals surface area (Å²) < 4.78 is 30.5. The Hall–Kier alpha value is -3.50. The topological polar surface area (TPSA) is 106 Å². The molecule has 0 spiro atoms. The first-order valence-electron chi connectivity index (χ1n) is 8.32. The van der Waals surface area contributed by atoms with Crippen molar-refractivity contribution < 1.29 is 13.5 Å². The zero-order valence-electron chi connectivity index (χ0n) is 15.0. The Balaban J connectivity index is 1.66. The van der Waals surface area contributed by atoms with Crippen molar-refractivity contribution in [2.75, 3.05) is 5.32 Å². The minimum Gasteiger partial charge on any atom is -0.417 e. The molecule has 2 N–H and O–H groups in total. The van der Waals surface area contributed by atoms with E-state index in [1.165, 1.54) is 12.3 Å². The van der Waals surface area contributed by atoms with Gasteiger partial charge >= 0.3 is 6.61 Å². The van der Waals surface area contributed by atoms with Gasteiger partial charge in [0.2, 0.25) is 5.88 Å². The highest BCUT2D eigenvalue weighted by molar-refractivity contribution is 6.40. The molecular formula is C15H14B2F2N8O. The van der Waals surface area contributed by atoms with Crippen LogP contribution in [0.5, 0.6) is 5.88 Å². The smallest absolute Gasteiger partial charge is 0.388 e. The van der Waals surface area contributed by atoms with E-state index < -0.39 is 11.9 Å². The fraction of sp³-hybridized carbons (Fsp3) is 0.133. The Bertz CT molecular complexity index is 1100. The Morgan fingerprint density at radius 2 is 2.07 bits per heavy atom. The summed E-state index contributed by atoms with van der Waals surface area (Å²) in [6.45, 7) is -2.94. The molecule has 4 rings (SSSR count). The summed E-state index contributed by atoms with van der Waals surface area (Å²) in [6, 6.07) is 5.12. The number of fused-ring (bicyclic) bond motifs is 1. The standard InChI is InChI=1S/C15H14B2F2N8O/c16-15(17,8-2-1-3-20-5-8)27-13-9(6-22-27)21-7-11(24-13)23-10-4-12(26-25-10)28-14(18)19/h1-7,14H,16-17H2,(H2,23,24,25,26). The van der Waals surface area contributed by atoms with Gasteiger partial charge in [-0.2, -0.15) is 19.0 Å². The summed E-state index contributed by atoms with van der Waals surface area (Å²) in [7, 11) is 4.00. The largest absolute Gasteiger partial charge is 0.417 e. The first kappa shape index (κ1) is 17.9. The van der Waals surface area contributed by atoms with Crippen molar-refractivity contribution in [1.29, 1.82) is 0 Å². The molecule has 0 aliphatic heterocycles. The third-order valence-corrected chi connectivity index (χ3v) is 4.20. The molecule has 0 atom stereocenters. The van der Waals surface area contributed by atoms with Crippen LogP contribution in [-0.4, -0.2) is 57.2 Å². The summed E-state index contributed by atoms with van der Waals surface area (Å²) in [4.78, 5) is 13.1. The van der Waals surface area contributed by atoms with Crippen molar-refractivity contribution in [3.63, 3.8) is 0 Å². The molecule has 0 unspecified atom stereocenters. The van der Waals surface area contributed by atoms with Crippen LogP contribution in [0, 0.1) is 0 Å². The van der Waals surface area contributed by atoms with Gasteiger partial charge in [0.15, 0.2) is 17.3 Å². The van der Waals surface area contributed by atoms with E-state index in [0.717, 1.165) is 5.56 Å². The molecule has 0 aromatic carbocycles. The number of ether oxygens (including phenoxy) is 1. The number of anilines is 2. The molecule has 0 fully saturated rings. The average molecular weight is 382 g/mol. The molecule has 140 valence electrons. The summed E-state index contributed by atoms with van der Waals surface area (Å²) >= 11 is 0. The van der Waals surface area contributed by atoms with Crippen molar-refractivity contribution in [3.05, 3.63) is 48.5 Å². The highest BCUT2D eigenvalue weighted by Crippen LogP contribution is 2.24. The number of halogens is 2. The second-order valence-electron chi connectivity index (χ2n) is 6.44. The van der Waals surface area contributed by atoms with Crippen LogP contribution in [0.25, 0.3) is 11.2 Å². The van der Waals surface area contributed by atoms with Crippen LogP contribution in [0.3, 0.4) is 0 Å². The van der Waals surface area contributed by atoms with Gasteiger partial charge in [0.25, 0.3) is 0 Å². The van der Waals surface area contributed by atoms with Gasteiger partial charge in [0.05, 0.1) is 12.4 Å². The van der Waals surface area contributed by atoms with E-state index in [9.17, 15) is 8.78 Å². The average Bonchev–Trinajstić information content (AvgIpc) is 3.29. The third-order valence-electron chi connectivity index (χ3n) is 4.20. The Morgan fingerprint density at radius 1 is 1.21 bits per heavy atom. The van der Waals surface area contributed by atoms with E-state index in [1.807, 2.05) is 27.8 Å². The number of hydrogen-bond acceptors (Lipinski definition) is 7. The number of aromatic amines is 1. The Labute approximate surface area is 159 Å². The maximum absolute atomic E-state index is 12.3. The van der Waals surface area contributed by atoms with Crippen LogP contribution >= 0.6 is 0 Å². The van der Waals surface area contributed by atoms with Crippen molar-refractivity contribution >= 4 is 38.5 Å². The minimum atomic E-state index is -2.94. The Kier molecular flexibility index (Phi) is 4.41. The van der Waals surface area contributed by atoms with Gasteiger partial charge in [0.1, 0.15) is 21.2 Å². The molecule has 0 saturated heterocycles. The molecule has 13 heteroatoms. The second-order valence-corrected chi connectivity index (χ2v) is 6.44. The summed E-state index contributed by atoms with van der Waals surface area (Å²) in [6.07, 6.45) is 6.62. The number of rotatable bonds is 6. The van der Waals surface area contributed by atoms with Crippen molar-refractivity contribution in [3.8, 4) is 5.88 Å². The lowest BCUT2D eigenvalue weighted by Crippen LogP contribution is -2.37. The molecule has 9 nitrogen and oxygen atoms in total. The quantitative estimate of drug-likeness (QED) is 0.460. The first-order chi connectivity index (χ1) is 13.4. The SMILES string of the molecule is BC(B)(c1cccnc1)n1ncc2ncc(Nc3cc(OC(F)F)[nH]n3)nc21. The van der Waals surface area contributed by atoms with Crippen molar-refractivity contribution in [1.82, 2.24) is 34.9 Å². The van der Waals surface area contributed by atoms with E-state index in [-0.39, 0.29) is 11.7 Å². The number of hydrogen-bond donors (Lipinski definition) is 2. The van der Waals surface area contributed by atoms with Gasteiger partial charge in [-0.05, 0) is 11.6 Å². The van der Waals surface area contributed by atoms with Gasteiger partial charge in [-0.25, -0.2) is 15.1 Å². The summed E-state index contributed by atoms with van der Waals surface area (Å²) in [5.41, 5.74) is 2.13. The van der Waals surface area contributed by atoms with Crippen molar-refractivity contribution in [2.45, 2.75) is 11.9 Å². The molecule has 4 aromatic heterocycles. The number of aromatic nitrogens is 7. The predicted molar refractivity (Wildman–Crippen MR) is 102 cm³/mol. The zero-order chi connectivity index (χ0) is 19.7. The van der Waals surface area contributed by atoms with Gasteiger partial charge in [-0.1, -0.05) is 6.07 Å². The fourth-order valence-electron chi connectivity index (χ4n) is 2.77. The van der Waals surface area contributed by atoms with Crippen molar-refractivity contribution in [2.24, 2.45) is 0 Å². The number of nitrogens with zero attached hydrogens (tertiary/aromatic N) is 6. The van der Waals surface area contributed by atoms with Crippen LogP contribution in [0.1, 0.15) is 5.56 Å². The van der Waals surface area contributed by atoms with E-state index in [1.54, 1.807) is 23.3 Å². The number of H-pyrrole nitrogens is 1. The van der Waals surface area contributed by atoms with Gasteiger partial charge in [-0.3, -0.25) is 9.67 Å².